The molecular weight excluding hydrogens is 114 g/mol. The minimum absolute atomic E-state index is 0.592. The van der Waals surface area contributed by atoms with E-state index in [9.17, 15) is 0 Å². The summed E-state index contributed by atoms with van der Waals surface area (Å²) < 4.78 is 5.18. The van der Waals surface area contributed by atoms with Gasteiger partial charge in [0, 0.05) is 12.0 Å². The lowest BCUT2D eigenvalue weighted by molar-refractivity contribution is -0.104. The Hall–Kier alpha value is -0.0800. The highest BCUT2D eigenvalue weighted by atomic mass is 16.5. The van der Waals surface area contributed by atoms with Gasteiger partial charge in [-0.3, -0.25) is 0 Å². The van der Waals surface area contributed by atoms with Crippen LogP contribution < -0.4 is 0 Å². The van der Waals surface area contributed by atoms with E-state index in [1.54, 1.807) is 0 Å². The first-order valence-corrected chi connectivity index (χ1v) is 3.57. The van der Waals surface area contributed by atoms with E-state index >= 15 is 0 Å². The number of rotatable bonds is 0. The van der Waals surface area contributed by atoms with Gasteiger partial charge in [-0.25, -0.2) is 0 Å². The SMILES string of the molecule is CN1CCC2(COC2)C1. The Morgan fingerprint density at radius 1 is 1.44 bits per heavy atom. The molecule has 0 aliphatic carbocycles. The number of hydrogen-bond donors (Lipinski definition) is 0. The van der Waals surface area contributed by atoms with Gasteiger partial charge in [0.05, 0.1) is 13.2 Å². The number of nitrogens with zero attached hydrogens (tertiary/aromatic N) is 1. The van der Waals surface area contributed by atoms with E-state index in [0.717, 1.165) is 13.2 Å². The van der Waals surface area contributed by atoms with Gasteiger partial charge in [-0.15, -0.1) is 0 Å². The summed E-state index contributed by atoms with van der Waals surface area (Å²) in [7, 11) is 2.19. The minimum atomic E-state index is 0.592. The van der Waals surface area contributed by atoms with Gasteiger partial charge in [0.15, 0.2) is 0 Å². The second kappa shape index (κ2) is 1.70. The topological polar surface area (TPSA) is 12.5 Å². The Morgan fingerprint density at radius 3 is 2.44 bits per heavy atom. The maximum absolute atomic E-state index is 5.18. The summed E-state index contributed by atoms with van der Waals surface area (Å²) in [6, 6.07) is 0. The van der Waals surface area contributed by atoms with Gasteiger partial charge in [0.1, 0.15) is 0 Å². The van der Waals surface area contributed by atoms with Crippen LogP contribution in [0.15, 0.2) is 0 Å². The molecule has 0 N–H and O–H groups in total. The first-order chi connectivity index (χ1) is 4.31. The maximum atomic E-state index is 5.18. The molecule has 0 bridgehead atoms. The molecule has 0 aromatic carbocycles. The minimum Gasteiger partial charge on any atom is -0.380 e. The first-order valence-electron chi connectivity index (χ1n) is 3.57. The zero-order valence-electron chi connectivity index (χ0n) is 5.89. The summed E-state index contributed by atoms with van der Waals surface area (Å²) in [6.07, 6.45) is 1.35. The zero-order chi connectivity index (χ0) is 6.32. The van der Waals surface area contributed by atoms with Crippen molar-refractivity contribution in [2.75, 3.05) is 33.4 Å². The van der Waals surface area contributed by atoms with Crippen molar-refractivity contribution in [1.29, 1.82) is 0 Å². The first kappa shape index (κ1) is 5.69. The van der Waals surface area contributed by atoms with Crippen molar-refractivity contribution in [1.82, 2.24) is 4.90 Å². The Labute approximate surface area is 55.8 Å². The second-order valence-corrected chi connectivity index (χ2v) is 3.48. The molecule has 2 heterocycles. The van der Waals surface area contributed by atoms with Gasteiger partial charge in [0.2, 0.25) is 0 Å². The Kier molecular flexibility index (Phi) is 1.08. The summed E-state index contributed by atoms with van der Waals surface area (Å²) in [6.45, 7) is 4.55. The van der Waals surface area contributed by atoms with E-state index in [-0.39, 0.29) is 0 Å². The van der Waals surface area contributed by atoms with Gasteiger partial charge in [-0.05, 0) is 20.0 Å². The van der Waals surface area contributed by atoms with E-state index in [0.29, 0.717) is 5.41 Å². The molecule has 2 fully saturated rings. The number of hydrogen-bond acceptors (Lipinski definition) is 2. The van der Waals surface area contributed by atoms with Crippen molar-refractivity contribution in [2.45, 2.75) is 6.42 Å². The fraction of sp³-hybridized carbons (Fsp3) is 1.00. The van der Waals surface area contributed by atoms with E-state index in [4.69, 9.17) is 4.74 Å². The largest absolute Gasteiger partial charge is 0.380 e. The summed E-state index contributed by atoms with van der Waals surface area (Å²) in [5.74, 6) is 0. The van der Waals surface area contributed by atoms with Crippen molar-refractivity contribution in [2.24, 2.45) is 5.41 Å². The van der Waals surface area contributed by atoms with E-state index in [1.807, 2.05) is 0 Å². The van der Waals surface area contributed by atoms with Crippen LogP contribution in [0.3, 0.4) is 0 Å². The van der Waals surface area contributed by atoms with Gasteiger partial charge >= 0.3 is 0 Å². The standard InChI is InChI=1S/C7H13NO/c1-8-3-2-7(4-8)5-9-6-7/h2-6H2,1H3. The lowest BCUT2D eigenvalue weighted by Crippen LogP contribution is -2.44. The summed E-state index contributed by atoms with van der Waals surface area (Å²) in [5, 5.41) is 0. The summed E-state index contributed by atoms with van der Waals surface area (Å²) in [4.78, 5) is 2.39. The molecule has 2 aliphatic rings. The zero-order valence-corrected chi connectivity index (χ0v) is 5.89. The lowest BCUT2D eigenvalue weighted by Gasteiger charge is -2.37. The molecule has 0 amide bonds. The average molecular weight is 127 g/mol. The summed E-state index contributed by atoms with van der Waals surface area (Å²) in [5.41, 5.74) is 0.592. The summed E-state index contributed by atoms with van der Waals surface area (Å²) >= 11 is 0. The Morgan fingerprint density at radius 2 is 2.22 bits per heavy atom. The van der Waals surface area contributed by atoms with Gasteiger partial charge in [-0.1, -0.05) is 0 Å². The van der Waals surface area contributed by atoms with Crippen LogP contribution in [0.25, 0.3) is 0 Å². The van der Waals surface area contributed by atoms with Crippen LogP contribution in [-0.4, -0.2) is 38.3 Å². The molecule has 2 nitrogen and oxygen atoms in total. The molecule has 2 aliphatic heterocycles. The molecule has 52 valence electrons. The smallest absolute Gasteiger partial charge is 0.0557 e. The van der Waals surface area contributed by atoms with Crippen molar-refractivity contribution >= 4 is 0 Å². The fourth-order valence-corrected chi connectivity index (χ4v) is 1.79. The second-order valence-electron chi connectivity index (χ2n) is 3.48. The third kappa shape index (κ3) is 0.775. The molecule has 0 aromatic rings. The van der Waals surface area contributed by atoms with Crippen LogP contribution in [0.5, 0.6) is 0 Å². The molecule has 1 spiro atoms. The van der Waals surface area contributed by atoms with Gasteiger partial charge in [0.25, 0.3) is 0 Å². The molecule has 0 atom stereocenters. The third-order valence-electron chi connectivity index (χ3n) is 2.45. The van der Waals surface area contributed by atoms with Crippen molar-refractivity contribution in [3.63, 3.8) is 0 Å². The maximum Gasteiger partial charge on any atom is 0.0557 e. The van der Waals surface area contributed by atoms with Gasteiger partial charge < -0.3 is 9.64 Å². The molecule has 2 heteroatoms. The normalized spacial score (nSPS) is 33.0. The predicted molar refractivity (Wildman–Crippen MR) is 35.4 cm³/mol. The molecule has 0 unspecified atom stereocenters. The molecule has 2 rings (SSSR count). The fourth-order valence-electron chi connectivity index (χ4n) is 1.79. The Bertz CT molecular complexity index is 120. The van der Waals surface area contributed by atoms with Crippen LogP contribution in [-0.2, 0) is 4.74 Å². The van der Waals surface area contributed by atoms with Crippen molar-refractivity contribution in [3.05, 3.63) is 0 Å². The van der Waals surface area contributed by atoms with Crippen LogP contribution in [0.1, 0.15) is 6.42 Å². The van der Waals surface area contributed by atoms with Gasteiger partial charge in [-0.2, -0.15) is 0 Å². The number of likely N-dealkylation sites (tertiary alicyclic amines) is 1. The van der Waals surface area contributed by atoms with Crippen LogP contribution >= 0.6 is 0 Å². The third-order valence-corrected chi connectivity index (χ3v) is 2.45. The quantitative estimate of drug-likeness (QED) is 0.465. The van der Waals surface area contributed by atoms with E-state index < -0.39 is 0 Å². The highest BCUT2D eigenvalue weighted by Crippen LogP contribution is 2.36. The molecule has 9 heavy (non-hydrogen) atoms. The van der Waals surface area contributed by atoms with Crippen LogP contribution in [0.2, 0.25) is 0 Å². The monoisotopic (exact) mass is 127 g/mol. The molecular formula is C7H13NO. The lowest BCUT2D eigenvalue weighted by atomic mass is 9.85. The highest BCUT2D eigenvalue weighted by molar-refractivity contribution is 4.93. The molecule has 0 saturated carbocycles. The van der Waals surface area contributed by atoms with Crippen LogP contribution in [0, 0.1) is 5.41 Å². The van der Waals surface area contributed by atoms with Crippen molar-refractivity contribution in [3.8, 4) is 0 Å². The predicted octanol–water partition coefficient (Wildman–Crippen LogP) is 0.339. The molecule has 2 saturated heterocycles. The molecule has 0 aromatic heterocycles. The van der Waals surface area contributed by atoms with E-state index in [2.05, 4.69) is 11.9 Å². The molecule has 0 radical (unpaired) electrons. The number of ether oxygens (including phenoxy) is 1. The van der Waals surface area contributed by atoms with Crippen LogP contribution in [0.4, 0.5) is 0 Å². The highest BCUT2D eigenvalue weighted by Gasteiger charge is 2.42. The van der Waals surface area contributed by atoms with Crippen molar-refractivity contribution < 1.29 is 4.74 Å². The average Bonchev–Trinajstić information content (AvgIpc) is 2.09. The Balaban J connectivity index is 1.99. The van der Waals surface area contributed by atoms with E-state index in [1.165, 1.54) is 19.5 Å².